The van der Waals surface area contributed by atoms with Gasteiger partial charge in [-0.1, -0.05) is 36.4 Å². The van der Waals surface area contributed by atoms with Crippen LogP contribution < -0.4 is 0 Å². The summed E-state index contributed by atoms with van der Waals surface area (Å²) in [7, 11) is 0. The molecule has 3 amide bonds. The Hall–Kier alpha value is -1.85. The third-order valence-corrected chi connectivity index (χ3v) is 4.35. The van der Waals surface area contributed by atoms with E-state index >= 15 is 0 Å². The summed E-state index contributed by atoms with van der Waals surface area (Å²) in [5, 5.41) is 0. The van der Waals surface area contributed by atoms with Crippen LogP contribution >= 0.6 is 12.4 Å². The number of amides is 3. The van der Waals surface area contributed by atoms with Crippen molar-refractivity contribution in [2.75, 3.05) is 32.7 Å². The van der Waals surface area contributed by atoms with Gasteiger partial charge in [0.25, 0.3) is 5.91 Å². The molecule has 0 aliphatic carbocycles. The molecule has 0 bridgehead atoms. The molecule has 2 heterocycles. The van der Waals surface area contributed by atoms with Gasteiger partial charge in [-0.3, -0.25) is 14.6 Å². The summed E-state index contributed by atoms with van der Waals surface area (Å²) in [6, 6.07) is 9.48. The molecule has 0 radical (unpaired) electrons. The first-order chi connectivity index (χ1) is 10.7. The minimum atomic E-state index is -0.322. The van der Waals surface area contributed by atoms with Crippen LogP contribution in [0.5, 0.6) is 0 Å². The monoisotopic (exact) mass is 335 g/mol. The molecule has 2 aliphatic heterocycles. The first-order valence-electron chi connectivity index (χ1n) is 7.70. The Balaban J connectivity index is 0.00000192. The fourth-order valence-electron chi connectivity index (χ4n) is 3.15. The number of nitrogens with zero attached hydrogens (tertiary/aromatic N) is 3. The van der Waals surface area contributed by atoms with E-state index in [1.54, 1.807) is 4.90 Å². The van der Waals surface area contributed by atoms with Gasteiger partial charge in [0, 0.05) is 32.7 Å². The van der Waals surface area contributed by atoms with Crippen LogP contribution in [-0.4, -0.2) is 65.4 Å². The third-order valence-electron chi connectivity index (χ3n) is 4.35. The second-order valence-corrected chi connectivity index (χ2v) is 5.77. The van der Waals surface area contributed by atoms with E-state index in [0.717, 1.165) is 18.7 Å². The van der Waals surface area contributed by atoms with Gasteiger partial charge in [0.05, 0.1) is 0 Å². The zero-order valence-electron chi connectivity index (χ0n) is 13.1. The first-order valence-corrected chi connectivity index (χ1v) is 7.70. The maximum absolute atomic E-state index is 12.5. The lowest BCUT2D eigenvalue weighted by Crippen LogP contribution is -2.52. The van der Waals surface area contributed by atoms with Crippen molar-refractivity contribution in [2.45, 2.75) is 12.5 Å². The lowest BCUT2D eigenvalue weighted by atomic mass is 10.1. The van der Waals surface area contributed by atoms with Crippen molar-refractivity contribution < 1.29 is 9.59 Å². The highest BCUT2D eigenvalue weighted by molar-refractivity contribution is 6.04. The minimum absolute atomic E-state index is 0. The number of carbonyl (C=O) groups is 2. The van der Waals surface area contributed by atoms with Crippen LogP contribution in [0.2, 0.25) is 0 Å². The lowest BCUT2D eigenvalue weighted by molar-refractivity contribution is -0.129. The van der Waals surface area contributed by atoms with Crippen LogP contribution in [0.1, 0.15) is 5.56 Å². The van der Waals surface area contributed by atoms with Gasteiger partial charge in [-0.2, -0.15) is 0 Å². The van der Waals surface area contributed by atoms with Gasteiger partial charge in [-0.25, -0.2) is 4.79 Å². The zero-order valence-corrected chi connectivity index (χ0v) is 13.9. The van der Waals surface area contributed by atoms with Gasteiger partial charge in [0.15, 0.2) is 0 Å². The molecular formula is C17H22ClN3O2. The number of hydrogen-bond donors (Lipinski definition) is 0. The van der Waals surface area contributed by atoms with Crippen molar-refractivity contribution in [1.82, 2.24) is 14.7 Å². The fraction of sp³-hybridized carbons (Fsp3) is 0.412. The second kappa shape index (κ2) is 7.62. The summed E-state index contributed by atoms with van der Waals surface area (Å²) < 4.78 is 0. The summed E-state index contributed by atoms with van der Waals surface area (Å²) >= 11 is 0. The molecule has 0 saturated carbocycles. The van der Waals surface area contributed by atoms with E-state index in [4.69, 9.17) is 0 Å². The highest BCUT2D eigenvalue weighted by Gasteiger charge is 2.46. The summed E-state index contributed by atoms with van der Waals surface area (Å²) in [6.07, 6.45) is 2.54. The Kier molecular flexibility index (Phi) is 5.80. The van der Waals surface area contributed by atoms with Gasteiger partial charge >= 0.3 is 6.03 Å². The molecule has 5 nitrogen and oxygen atoms in total. The smallest absolute Gasteiger partial charge is 0.310 e. The Morgan fingerprint density at radius 1 is 1.17 bits per heavy atom. The number of piperazine rings is 1. The molecule has 0 N–H and O–H groups in total. The fourth-order valence-corrected chi connectivity index (χ4v) is 3.15. The Bertz CT molecular complexity index is 578. The number of urea groups is 1. The van der Waals surface area contributed by atoms with Gasteiger partial charge in [0.2, 0.25) is 0 Å². The van der Waals surface area contributed by atoms with E-state index in [1.165, 1.54) is 4.90 Å². The standard InChI is InChI=1S/C17H21N3O2.ClH/c1-2-9-18-11-12-19-15(13-18)16(21)20(17(19)22)10-8-14-6-4-3-5-7-14;/h2-7,15H,1,8-13H2;1H. The van der Waals surface area contributed by atoms with E-state index in [1.807, 2.05) is 36.4 Å². The molecule has 3 rings (SSSR count). The Morgan fingerprint density at radius 2 is 1.91 bits per heavy atom. The highest BCUT2D eigenvalue weighted by Crippen LogP contribution is 2.22. The maximum atomic E-state index is 12.5. The average Bonchev–Trinajstić information content (AvgIpc) is 2.78. The van der Waals surface area contributed by atoms with Crippen LogP contribution in [0.4, 0.5) is 4.79 Å². The topological polar surface area (TPSA) is 43.9 Å². The van der Waals surface area contributed by atoms with Gasteiger partial charge in [-0.05, 0) is 12.0 Å². The van der Waals surface area contributed by atoms with Crippen molar-refractivity contribution in [2.24, 2.45) is 0 Å². The molecule has 2 saturated heterocycles. The number of rotatable bonds is 5. The summed E-state index contributed by atoms with van der Waals surface area (Å²) in [5.74, 6) is -0.0605. The van der Waals surface area contributed by atoms with Crippen molar-refractivity contribution >= 4 is 24.3 Å². The molecule has 2 fully saturated rings. The highest BCUT2D eigenvalue weighted by atomic mass is 35.5. The van der Waals surface area contributed by atoms with E-state index in [9.17, 15) is 9.59 Å². The quantitative estimate of drug-likeness (QED) is 0.608. The van der Waals surface area contributed by atoms with Crippen molar-refractivity contribution in [3.05, 3.63) is 48.6 Å². The van der Waals surface area contributed by atoms with Gasteiger partial charge < -0.3 is 4.90 Å². The molecule has 124 valence electrons. The molecule has 1 aromatic carbocycles. The number of halogens is 1. The summed E-state index contributed by atoms with van der Waals surface area (Å²) in [4.78, 5) is 30.3. The second-order valence-electron chi connectivity index (χ2n) is 5.77. The third kappa shape index (κ3) is 3.57. The van der Waals surface area contributed by atoms with E-state index in [2.05, 4.69) is 11.5 Å². The maximum Gasteiger partial charge on any atom is 0.327 e. The molecule has 1 aromatic rings. The van der Waals surface area contributed by atoms with Crippen LogP contribution in [0, 0.1) is 0 Å². The summed E-state index contributed by atoms with van der Waals surface area (Å²) in [5.41, 5.74) is 1.14. The van der Waals surface area contributed by atoms with Gasteiger partial charge in [-0.15, -0.1) is 19.0 Å². The largest absolute Gasteiger partial charge is 0.327 e. The molecule has 1 atom stereocenters. The number of fused-ring (bicyclic) bond motifs is 1. The molecule has 0 spiro atoms. The van der Waals surface area contributed by atoms with E-state index < -0.39 is 0 Å². The van der Waals surface area contributed by atoms with Crippen LogP contribution in [0.3, 0.4) is 0 Å². The Morgan fingerprint density at radius 3 is 2.61 bits per heavy atom. The molecular weight excluding hydrogens is 314 g/mol. The zero-order chi connectivity index (χ0) is 15.5. The van der Waals surface area contributed by atoms with Crippen molar-refractivity contribution in [1.29, 1.82) is 0 Å². The van der Waals surface area contributed by atoms with E-state index in [-0.39, 0.29) is 30.4 Å². The number of benzene rings is 1. The van der Waals surface area contributed by atoms with Crippen LogP contribution in [-0.2, 0) is 11.2 Å². The summed E-state index contributed by atoms with van der Waals surface area (Å²) in [6.45, 7) is 6.97. The molecule has 1 unspecified atom stereocenters. The number of imide groups is 1. The number of hydrogen-bond acceptors (Lipinski definition) is 3. The minimum Gasteiger partial charge on any atom is -0.310 e. The normalized spacial score (nSPS) is 21.1. The van der Waals surface area contributed by atoms with Crippen LogP contribution in [0.25, 0.3) is 0 Å². The van der Waals surface area contributed by atoms with Crippen LogP contribution in [0.15, 0.2) is 43.0 Å². The molecule has 2 aliphatic rings. The predicted octanol–water partition coefficient (Wildman–Crippen LogP) is 1.79. The Labute approximate surface area is 143 Å². The van der Waals surface area contributed by atoms with E-state index in [0.29, 0.717) is 26.1 Å². The molecule has 6 heteroatoms. The average molecular weight is 336 g/mol. The van der Waals surface area contributed by atoms with Crippen molar-refractivity contribution in [3.63, 3.8) is 0 Å². The van der Waals surface area contributed by atoms with Crippen molar-refractivity contribution in [3.8, 4) is 0 Å². The first kappa shape index (κ1) is 17.5. The number of carbonyl (C=O) groups excluding carboxylic acids is 2. The van der Waals surface area contributed by atoms with Gasteiger partial charge in [0.1, 0.15) is 6.04 Å². The SMILES string of the molecule is C=CCN1CCN2C(=O)N(CCc3ccccc3)C(=O)C2C1.Cl. The lowest BCUT2D eigenvalue weighted by Gasteiger charge is -2.34. The molecule has 23 heavy (non-hydrogen) atoms. The predicted molar refractivity (Wildman–Crippen MR) is 91.6 cm³/mol. The molecule has 0 aromatic heterocycles.